The molecule has 2 N–H and O–H groups in total. The highest BCUT2D eigenvalue weighted by molar-refractivity contribution is 6.32. The maximum Gasteiger partial charge on any atom is 0.453 e. The van der Waals surface area contributed by atoms with E-state index in [9.17, 15) is 22.8 Å². The lowest BCUT2D eigenvalue weighted by molar-refractivity contribution is -0.148. The zero-order valence-corrected chi connectivity index (χ0v) is 21.4. The number of aryl methyl sites for hydroxylation is 1. The number of carbonyl (C=O) groups is 2. The van der Waals surface area contributed by atoms with E-state index < -0.39 is 29.9 Å². The van der Waals surface area contributed by atoms with Gasteiger partial charge in [-0.1, -0.05) is 23.2 Å². The molecule has 11 nitrogen and oxygen atoms in total. The smallest absolute Gasteiger partial charge is 0.355 e. The van der Waals surface area contributed by atoms with Gasteiger partial charge in [-0.3, -0.25) is 9.59 Å². The summed E-state index contributed by atoms with van der Waals surface area (Å²) in [7, 11) is 1.42. The largest absolute Gasteiger partial charge is 0.453 e. The van der Waals surface area contributed by atoms with Crippen LogP contribution in [-0.4, -0.2) is 53.8 Å². The average Bonchev–Trinajstić information content (AvgIpc) is 3.53. The number of carbonyl (C=O) groups excluding carboxylic acids is 2. The molecular formula is C22H18Cl2F3N9O2. The number of hydrogen-bond donors (Lipinski definition) is 2. The summed E-state index contributed by atoms with van der Waals surface area (Å²) < 4.78 is 41.9. The van der Waals surface area contributed by atoms with Crippen LogP contribution in [0.15, 0.2) is 36.5 Å². The van der Waals surface area contributed by atoms with Gasteiger partial charge < -0.3 is 10.6 Å². The van der Waals surface area contributed by atoms with Crippen molar-refractivity contribution in [1.29, 1.82) is 0 Å². The molecule has 1 unspecified atom stereocenters. The van der Waals surface area contributed by atoms with Gasteiger partial charge in [0.05, 0.1) is 28.0 Å². The Morgan fingerprint density at radius 3 is 2.53 bits per heavy atom. The summed E-state index contributed by atoms with van der Waals surface area (Å²) in [5, 5.41) is 19.5. The molecule has 3 aromatic heterocycles. The Hall–Kier alpha value is -4.04. The SMILES string of the molecule is CNC(=O)c1cc(Cl)cc(C)c1NC(=O)c1cc(C(C)n2nnnc2C(F)(F)F)nn1-c1ncccc1Cl. The van der Waals surface area contributed by atoms with Crippen molar-refractivity contribution in [3.63, 3.8) is 0 Å². The minimum Gasteiger partial charge on any atom is -0.355 e. The molecule has 0 radical (unpaired) electrons. The normalized spacial score (nSPS) is 12.3. The van der Waals surface area contributed by atoms with Gasteiger partial charge in [-0.05, 0) is 60.2 Å². The molecule has 0 aliphatic carbocycles. The molecule has 0 bridgehead atoms. The number of nitrogens with zero attached hydrogens (tertiary/aromatic N) is 7. The summed E-state index contributed by atoms with van der Waals surface area (Å²) in [6.07, 6.45) is -3.42. The van der Waals surface area contributed by atoms with E-state index in [2.05, 4.69) is 36.2 Å². The van der Waals surface area contributed by atoms with Gasteiger partial charge >= 0.3 is 6.18 Å². The first-order valence-electron chi connectivity index (χ1n) is 10.8. The van der Waals surface area contributed by atoms with Gasteiger partial charge in [0.2, 0.25) is 0 Å². The van der Waals surface area contributed by atoms with E-state index in [1.807, 2.05) is 0 Å². The predicted octanol–water partition coefficient (Wildman–Crippen LogP) is 4.11. The summed E-state index contributed by atoms with van der Waals surface area (Å²) in [5.74, 6) is -2.54. The first-order chi connectivity index (χ1) is 17.9. The van der Waals surface area contributed by atoms with E-state index in [1.165, 1.54) is 38.4 Å². The highest BCUT2D eigenvalue weighted by Crippen LogP contribution is 2.31. The lowest BCUT2D eigenvalue weighted by Gasteiger charge is -2.14. The molecule has 0 aliphatic heterocycles. The van der Waals surface area contributed by atoms with Gasteiger partial charge in [-0.15, -0.1) is 5.10 Å². The zero-order chi connectivity index (χ0) is 27.8. The summed E-state index contributed by atoms with van der Waals surface area (Å²) in [4.78, 5) is 30.1. The monoisotopic (exact) mass is 567 g/mol. The van der Waals surface area contributed by atoms with Crippen LogP contribution in [0.4, 0.5) is 18.9 Å². The van der Waals surface area contributed by atoms with Crippen LogP contribution in [0.25, 0.3) is 5.82 Å². The van der Waals surface area contributed by atoms with E-state index in [1.54, 1.807) is 19.1 Å². The Balaban J connectivity index is 1.83. The Labute approximate surface area is 222 Å². The van der Waals surface area contributed by atoms with Crippen LogP contribution >= 0.6 is 23.2 Å². The molecule has 1 atom stereocenters. The summed E-state index contributed by atoms with van der Waals surface area (Å²) >= 11 is 12.4. The average molecular weight is 568 g/mol. The molecule has 4 rings (SSSR count). The van der Waals surface area contributed by atoms with E-state index in [0.717, 1.165) is 4.68 Å². The first-order valence-corrected chi connectivity index (χ1v) is 11.6. The second-order valence-electron chi connectivity index (χ2n) is 7.97. The van der Waals surface area contributed by atoms with Crippen molar-refractivity contribution in [1.82, 2.24) is 40.3 Å². The van der Waals surface area contributed by atoms with E-state index in [-0.39, 0.29) is 38.5 Å². The molecule has 0 fully saturated rings. The fraction of sp³-hybridized carbons (Fsp3) is 0.227. The third kappa shape index (κ3) is 5.17. The first kappa shape index (κ1) is 27.0. The number of amides is 2. The second kappa shape index (κ2) is 10.4. The number of halogens is 5. The highest BCUT2D eigenvalue weighted by atomic mass is 35.5. The number of benzene rings is 1. The third-order valence-electron chi connectivity index (χ3n) is 5.45. The summed E-state index contributed by atoms with van der Waals surface area (Å²) in [6, 6.07) is 6.13. The highest BCUT2D eigenvalue weighted by Gasteiger charge is 2.40. The van der Waals surface area contributed by atoms with Crippen LogP contribution in [0.1, 0.15) is 50.9 Å². The summed E-state index contributed by atoms with van der Waals surface area (Å²) in [5.41, 5.74) is 0.640. The van der Waals surface area contributed by atoms with Gasteiger partial charge in [0.25, 0.3) is 17.6 Å². The van der Waals surface area contributed by atoms with Crippen molar-refractivity contribution in [2.75, 3.05) is 12.4 Å². The van der Waals surface area contributed by atoms with E-state index in [4.69, 9.17) is 23.2 Å². The molecule has 2 amide bonds. The molecule has 4 aromatic rings. The van der Waals surface area contributed by atoms with Crippen LogP contribution < -0.4 is 10.6 Å². The van der Waals surface area contributed by atoms with Gasteiger partial charge in [-0.2, -0.15) is 18.3 Å². The number of anilines is 1. The molecule has 198 valence electrons. The van der Waals surface area contributed by atoms with Crippen LogP contribution in [0, 0.1) is 6.92 Å². The van der Waals surface area contributed by atoms with Gasteiger partial charge in [0, 0.05) is 18.3 Å². The molecule has 0 saturated heterocycles. The lowest BCUT2D eigenvalue weighted by Crippen LogP contribution is -2.23. The predicted molar refractivity (Wildman–Crippen MR) is 131 cm³/mol. The van der Waals surface area contributed by atoms with Crippen LogP contribution in [0.2, 0.25) is 10.0 Å². The quantitative estimate of drug-likeness (QED) is 0.358. The van der Waals surface area contributed by atoms with Crippen LogP contribution in [-0.2, 0) is 6.18 Å². The molecule has 1 aromatic carbocycles. The Morgan fingerprint density at radius 2 is 1.87 bits per heavy atom. The maximum atomic E-state index is 13.5. The number of aromatic nitrogens is 7. The standard InChI is InChI=1S/C22H18Cl2F3N9O2/c1-10-7-12(23)8-13(19(37)28-3)17(10)30-20(38)16-9-15(32-36(16)18-14(24)5-4-6-29-18)11(2)35-21(22(25,26)27)31-33-34-35/h4-9,11H,1-3H3,(H,28,37)(H,30,38). The van der Waals surface area contributed by atoms with Crippen LogP contribution in [0.3, 0.4) is 0 Å². The molecule has 0 saturated carbocycles. The number of rotatable bonds is 6. The van der Waals surface area contributed by atoms with Crippen molar-refractivity contribution in [2.24, 2.45) is 0 Å². The molecular weight excluding hydrogens is 550 g/mol. The Bertz CT molecular complexity index is 1530. The number of alkyl halides is 3. The molecule has 38 heavy (non-hydrogen) atoms. The van der Waals surface area contributed by atoms with E-state index >= 15 is 0 Å². The molecule has 0 spiro atoms. The number of hydrogen-bond acceptors (Lipinski definition) is 7. The van der Waals surface area contributed by atoms with Crippen molar-refractivity contribution < 1.29 is 22.8 Å². The Morgan fingerprint density at radius 1 is 1.13 bits per heavy atom. The number of tetrazole rings is 1. The second-order valence-corrected chi connectivity index (χ2v) is 8.82. The van der Waals surface area contributed by atoms with Crippen molar-refractivity contribution in [3.8, 4) is 5.82 Å². The summed E-state index contributed by atoms with van der Waals surface area (Å²) in [6.45, 7) is 3.03. The third-order valence-corrected chi connectivity index (χ3v) is 5.97. The number of pyridine rings is 1. The topological polar surface area (TPSA) is 133 Å². The van der Waals surface area contributed by atoms with Crippen molar-refractivity contribution >= 4 is 40.7 Å². The molecule has 3 heterocycles. The van der Waals surface area contributed by atoms with Crippen molar-refractivity contribution in [2.45, 2.75) is 26.1 Å². The Kier molecular flexibility index (Phi) is 7.37. The lowest BCUT2D eigenvalue weighted by atomic mass is 10.1. The van der Waals surface area contributed by atoms with E-state index in [0.29, 0.717) is 10.2 Å². The van der Waals surface area contributed by atoms with Gasteiger partial charge in [-0.25, -0.2) is 14.3 Å². The van der Waals surface area contributed by atoms with Gasteiger partial charge in [0.1, 0.15) is 5.69 Å². The fourth-order valence-corrected chi connectivity index (χ4v) is 4.10. The molecule has 0 aliphatic rings. The minimum absolute atomic E-state index is 0.00835. The fourth-order valence-electron chi connectivity index (χ4n) is 3.63. The van der Waals surface area contributed by atoms with Crippen molar-refractivity contribution in [3.05, 3.63) is 74.9 Å². The zero-order valence-electron chi connectivity index (χ0n) is 19.9. The minimum atomic E-state index is -4.83. The molecule has 16 heteroatoms. The van der Waals surface area contributed by atoms with Crippen LogP contribution in [0.5, 0.6) is 0 Å². The van der Waals surface area contributed by atoms with Gasteiger partial charge in [0.15, 0.2) is 5.82 Å². The number of nitrogens with one attached hydrogen (secondary N) is 2. The maximum absolute atomic E-state index is 13.5.